The summed E-state index contributed by atoms with van der Waals surface area (Å²) < 4.78 is 44.3. The maximum Gasteiger partial charge on any atom is 0.418 e. The summed E-state index contributed by atoms with van der Waals surface area (Å²) in [5, 5.41) is 2.23. The molecule has 1 N–H and O–H groups in total. The van der Waals surface area contributed by atoms with Gasteiger partial charge in [-0.15, -0.1) is 0 Å². The van der Waals surface area contributed by atoms with Crippen molar-refractivity contribution in [3.63, 3.8) is 0 Å². The van der Waals surface area contributed by atoms with Crippen molar-refractivity contribution in [2.45, 2.75) is 6.18 Å². The van der Waals surface area contributed by atoms with E-state index in [0.717, 1.165) is 6.07 Å². The fourth-order valence-electron chi connectivity index (χ4n) is 2.00. The van der Waals surface area contributed by atoms with E-state index in [-0.39, 0.29) is 11.4 Å². The van der Waals surface area contributed by atoms with Crippen LogP contribution in [0, 0.1) is 0 Å². The van der Waals surface area contributed by atoms with Crippen LogP contribution in [0.25, 0.3) is 0 Å². The molecule has 1 amide bonds. The Bertz CT molecular complexity index is 457. The van der Waals surface area contributed by atoms with Crippen LogP contribution in [0.2, 0.25) is 0 Å². The summed E-state index contributed by atoms with van der Waals surface area (Å²) in [6, 6.07) is 3.77. The number of amides is 1. The van der Waals surface area contributed by atoms with E-state index in [0.29, 0.717) is 32.7 Å². The highest BCUT2D eigenvalue weighted by atomic mass is 19.4. The summed E-state index contributed by atoms with van der Waals surface area (Å²) in [6.07, 6.45) is -4.11. The van der Waals surface area contributed by atoms with Crippen molar-refractivity contribution in [1.29, 1.82) is 0 Å². The Morgan fingerprint density at radius 2 is 1.95 bits per heavy atom. The van der Waals surface area contributed by atoms with Gasteiger partial charge in [-0.25, -0.2) is 0 Å². The smallest absolute Gasteiger partial charge is 0.378 e. The van der Waals surface area contributed by atoms with Gasteiger partial charge in [0.25, 0.3) is 0 Å². The standard InChI is InChI=1S/C12H13F3N2O2/c13-12(14,15)10-7-9(16-8-18)1-2-11(10)17-3-5-19-6-4-17/h1-2,7-8H,3-6H2,(H,16,18). The highest BCUT2D eigenvalue weighted by Crippen LogP contribution is 2.38. The molecule has 0 unspecified atom stereocenters. The molecule has 7 heteroatoms. The third-order valence-corrected chi connectivity index (χ3v) is 2.88. The van der Waals surface area contributed by atoms with Gasteiger partial charge in [-0.1, -0.05) is 0 Å². The summed E-state index contributed by atoms with van der Waals surface area (Å²) in [6.45, 7) is 1.66. The number of alkyl halides is 3. The number of hydrogen-bond donors (Lipinski definition) is 1. The summed E-state index contributed by atoms with van der Waals surface area (Å²) in [5.41, 5.74) is -0.507. The lowest BCUT2D eigenvalue weighted by Gasteiger charge is -2.31. The van der Waals surface area contributed by atoms with E-state index >= 15 is 0 Å². The number of rotatable bonds is 3. The van der Waals surface area contributed by atoms with Gasteiger partial charge < -0.3 is 15.0 Å². The van der Waals surface area contributed by atoms with Crippen LogP contribution in [-0.4, -0.2) is 32.7 Å². The van der Waals surface area contributed by atoms with E-state index in [1.807, 2.05) is 0 Å². The maximum absolute atomic E-state index is 13.0. The van der Waals surface area contributed by atoms with Crippen molar-refractivity contribution in [1.82, 2.24) is 0 Å². The zero-order valence-electron chi connectivity index (χ0n) is 10.0. The molecule has 0 radical (unpaired) electrons. The van der Waals surface area contributed by atoms with Gasteiger partial charge in [-0.05, 0) is 18.2 Å². The lowest BCUT2D eigenvalue weighted by atomic mass is 10.1. The number of nitrogens with one attached hydrogen (secondary N) is 1. The van der Waals surface area contributed by atoms with Gasteiger partial charge in [0.1, 0.15) is 0 Å². The molecule has 104 valence electrons. The van der Waals surface area contributed by atoms with Crippen molar-refractivity contribution >= 4 is 17.8 Å². The predicted octanol–water partition coefficient (Wildman–Crippen LogP) is 2.11. The first-order valence-corrected chi connectivity index (χ1v) is 5.76. The van der Waals surface area contributed by atoms with Crippen LogP contribution in [0.1, 0.15) is 5.56 Å². The molecule has 0 aliphatic carbocycles. The second kappa shape index (κ2) is 5.48. The Morgan fingerprint density at radius 1 is 1.26 bits per heavy atom. The lowest BCUT2D eigenvalue weighted by molar-refractivity contribution is -0.137. The Labute approximate surface area is 108 Å². The Hall–Kier alpha value is -1.76. The second-order valence-corrected chi connectivity index (χ2v) is 4.09. The predicted molar refractivity (Wildman–Crippen MR) is 64.2 cm³/mol. The molecular weight excluding hydrogens is 261 g/mol. The number of carbonyl (C=O) groups excluding carboxylic acids is 1. The summed E-state index contributed by atoms with van der Waals surface area (Å²) in [5.74, 6) is 0. The molecular formula is C12H13F3N2O2. The molecule has 0 spiro atoms. The number of halogens is 3. The van der Waals surface area contributed by atoms with E-state index in [4.69, 9.17) is 4.74 Å². The van der Waals surface area contributed by atoms with Crippen LogP contribution in [0.3, 0.4) is 0 Å². The van der Waals surface area contributed by atoms with Gasteiger partial charge in [0, 0.05) is 24.5 Å². The van der Waals surface area contributed by atoms with E-state index in [9.17, 15) is 18.0 Å². The minimum atomic E-state index is -4.46. The third kappa shape index (κ3) is 3.17. The molecule has 19 heavy (non-hydrogen) atoms. The first-order valence-electron chi connectivity index (χ1n) is 5.76. The van der Waals surface area contributed by atoms with Gasteiger partial charge in [0.2, 0.25) is 6.41 Å². The highest BCUT2D eigenvalue weighted by Gasteiger charge is 2.35. The molecule has 0 aromatic heterocycles. The van der Waals surface area contributed by atoms with E-state index < -0.39 is 11.7 Å². The molecule has 0 atom stereocenters. The van der Waals surface area contributed by atoms with E-state index in [2.05, 4.69) is 5.32 Å². The van der Waals surface area contributed by atoms with Gasteiger partial charge in [-0.2, -0.15) is 13.2 Å². The van der Waals surface area contributed by atoms with Crippen LogP contribution >= 0.6 is 0 Å². The van der Waals surface area contributed by atoms with Gasteiger partial charge >= 0.3 is 6.18 Å². The summed E-state index contributed by atoms with van der Waals surface area (Å²) in [4.78, 5) is 11.9. The first kappa shape index (κ1) is 13.7. The van der Waals surface area contributed by atoms with E-state index in [1.165, 1.54) is 12.1 Å². The largest absolute Gasteiger partial charge is 0.418 e. The fraction of sp³-hybridized carbons (Fsp3) is 0.417. The average molecular weight is 274 g/mol. The Kier molecular flexibility index (Phi) is 3.94. The van der Waals surface area contributed by atoms with Crippen LogP contribution in [0.15, 0.2) is 18.2 Å². The van der Waals surface area contributed by atoms with Crippen molar-refractivity contribution < 1.29 is 22.7 Å². The van der Waals surface area contributed by atoms with Crippen LogP contribution in [0.4, 0.5) is 24.5 Å². The second-order valence-electron chi connectivity index (χ2n) is 4.09. The van der Waals surface area contributed by atoms with Crippen LogP contribution in [-0.2, 0) is 15.7 Å². The highest BCUT2D eigenvalue weighted by molar-refractivity contribution is 5.74. The molecule has 1 aromatic rings. The minimum Gasteiger partial charge on any atom is -0.378 e. The number of benzene rings is 1. The molecule has 1 fully saturated rings. The van der Waals surface area contributed by atoms with Crippen LogP contribution < -0.4 is 10.2 Å². The monoisotopic (exact) mass is 274 g/mol. The number of carbonyl (C=O) groups is 1. The van der Waals surface area contributed by atoms with Gasteiger partial charge in [0.15, 0.2) is 0 Å². The van der Waals surface area contributed by atoms with Crippen molar-refractivity contribution in [2.75, 3.05) is 36.5 Å². The Morgan fingerprint density at radius 3 is 2.53 bits per heavy atom. The van der Waals surface area contributed by atoms with Crippen molar-refractivity contribution in [3.05, 3.63) is 23.8 Å². The molecule has 1 heterocycles. The SMILES string of the molecule is O=CNc1ccc(N2CCOCC2)c(C(F)(F)F)c1. The number of morpholine rings is 1. The van der Waals surface area contributed by atoms with Crippen LogP contribution in [0.5, 0.6) is 0 Å². The topological polar surface area (TPSA) is 41.6 Å². The van der Waals surface area contributed by atoms with Crippen molar-refractivity contribution in [3.8, 4) is 0 Å². The quantitative estimate of drug-likeness (QED) is 0.858. The average Bonchev–Trinajstić information content (AvgIpc) is 2.39. The molecule has 0 bridgehead atoms. The normalized spacial score (nSPS) is 16.3. The zero-order chi connectivity index (χ0) is 13.9. The molecule has 1 aliphatic heterocycles. The minimum absolute atomic E-state index is 0.118. The third-order valence-electron chi connectivity index (χ3n) is 2.88. The molecule has 2 rings (SSSR count). The number of hydrogen-bond acceptors (Lipinski definition) is 3. The van der Waals surface area contributed by atoms with Gasteiger partial charge in [0.05, 0.1) is 18.8 Å². The number of ether oxygens (including phenoxy) is 1. The van der Waals surface area contributed by atoms with Gasteiger partial charge in [-0.3, -0.25) is 4.79 Å². The fourth-order valence-corrected chi connectivity index (χ4v) is 2.00. The molecule has 0 saturated carbocycles. The Balaban J connectivity index is 2.38. The van der Waals surface area contributed by atoms with E-state index in [1.54, 1.807) is 4.90 Å². The molecule has 1 saturated heterocycles. The maximum atomic E-state index is 13.0. The molecule has 1 aliphatic rings. The summed E-state index contributed by atoms with van der Waals surface area (Å²) >= 11 is 0. The molecule has 1 aromatic carbocycles. The number of anilines is 2. The summed E-state index contributed by atoms with van der Waals surface area (Å²) in [7, 11) is 0. The zero-order valence-corrected chi connectivity index (χ0v) is 10.0. The lowest BCUT2D eigenvalue weighted by Crippen LogP contribution is -2.37. The molecule has 4 nitrogen and oxygen atoms in total. The van der Waals surface area contributed by atoms with Crippen molar-refractivity contribution in [2.24, 2.45) is 0 Å². The number of nitrogens with zero attached hydrogens (tertiary/aromatic N) is 1. The first-order chi connectivity index (χ1) is 9.02.